The number of rotatable bonds is 1. The van der Waals surface area contributed by atoms with Crippen molar-refractivity contribution in [3.8, 4) is 0 Å². The number of hydrazine groups is 1. The molecule has 0 saturated carbocycles. The summed E-state index contributed by atoms with van der Waals surface area (Å²) in [6.07, 6.45) is -0.0191. The van der Waals surface area contributed by atoms with E-state index in [-0.39, 0.29) is 0 Å². The topological polar surface area (TPSA) is 80.8 Å². The van der Waals surface area contributed by atoms with Gasteiger partial charge < -0.3 is 9.47 Å². The van der Waals surface area contributed by atoms with Crippen molar-refractivity contribution in [2.75, 3.05) is 5.01 Å². The number of nitrogens with one attached hydrogen (secondary N) is 1. The first-order valence-corrected chi connectivity index (χ1v) is 7.33. The Bertz CT molecular complexity index is 556. The minimum atomic E-state index is -0.760. The monoisotopic (exact) mass is 323 g/mol. The number of ether oxygens (including phenoxy) is 2. The number of aryl methyl sites for hydroxylation is 1. The summed E-state index contributed by atoms with van der Waals surface area (Å²) in [6, 6.07) is 3.38. The van der Waals surface area contributed by atoms with Gasteiger partial charge in [-0.2, -0.15) is 5.01 Å². The fraction of sp³-hybridized carbons (Fsp3) is 0.562. The average molecular weight is 323 g/mol. The third-order valence-electron chi connectivity index (χ3n) is 2.33. The first-order valence-electron chi connectivity index (χ1n) is 7.33. The average Bonchev–Trinajstić information content (AvgIpc) is 2.33. The molecule has 1 aromatic rings. The standard InChI is InChI=1S/C16H25N3O4/c1-11-8-9-12(10-17-11)19(14(21)23-16(5,6)7)18-13(20)22-15(2,3)4/h8-10H,1-7H3,(H,18,20). The summed E-state index contributed by atoms with van der Waals surface area (Å²) in [5, 5.41) is 0.978. The van der Waals surface area contributed by atoms with Gasteiger partial charge in [0.15, 0.2) is 0 Å². The van der Waals surface area contributed by atoms with Gasteiger partial charge in [-0.15, -0.1) is 0 Å². The molecule has 128 valence electrons. The molecule has 0 atom stereocenters. The Morgan fingerprint density at radius 3 is 2.04 bits per heavy atom. The second-order valence-corrected chi connectivity index (χ2v) is 7.09. The molecule has 0 aliphatic rings. The minimum absolute atomic E-state index is 0.371. The van der Waals surface area contributed by atoms with E-state index in [1.54, 1.807) is 53.7 Å². The molecule has 7 nitrogen and oxygen atoms in total. The summed E-state index contributed by atoms with van der Waals surface area (Å²) in [4.78, 5) is 28.4. The van der Waals surface area contributed by atoms with E-state index in [9.17, 15) is 9.59 Å². The molecule has 0 aliphatic carbocycles. The van der Waals surface area contributed by atoms with Crippen LogP contribution in [0.5, 0.6) is 0 Å². The zero-order chi connectivity index (χ0) is 17.8. The molecule has 7 heteroatoms. The number of anilines is 1. The second-order valence-electron chi connectivity index (χ2n) is 7.09. The van der Waals surface area contributed by atoms with Crippen LogP contribution in [0.15, 0.2) is 18.3 Å². The van der Waals surface area contributed by atoms with E-state index in [1.165, 1.54) is 6.20 Å². The van der Waals surface area contributed by atoms with Gasteiger partial charge in [-0.25, -0.2) is 15.0 Å². The van der Waals surface area contributed by atoms with Crippen LogP contribution in [-0.4, -0.2) is 28.4 Å². The van der Waals surface area contributed by atoms with Crippen molar-refractivity contribution in [1.29, 1.82) is 0 Å². The predicted octanol–water partition coefficient (Wildman–Crippen LogP) is 3.57. The molecule has 0 radical (unpaired) electrons. The van der Waals surface area contributed by atoms with Crippen LogP contribution in [0.4, 0.5) is 15.3 Å². The van der Waals surface area contributed by atoms with Gasteiger partial charge in [0.1, 0.15) is 11.2 Å². The SMILES string of the molecule is Cc1ccc(N(NC(=O)OC(C)(C)C)C(=O)OC(C)(C)C)cn1. The molecule has 0 spiro atoms. The van der Waals surface area contributed by atoms with Crippen LogP contribution in [0.25, 0.3) is 0 Å². The highest BCUT2D eigenvalue weighted by Gasteiger charge is 2.27. The smallest absolute Gasteiger partial charge is 0.434 e. The van der Waals surface area contributed by atoms with Crippen LogP contribution >= 0.6 is 0 Å². The van der Waals surface area contributed by atoms with Crippen LogP contribution in [0, 0.1) is 6.92 Å². The Labute approximate surface area is 136 Å². The molecule has 1 N–H and O–H groups in total. The highest BCUT2D eigenvalue weighted by atomic mass is 16.6. The number of hydrogen-bond donors (Lipinski definition) is 1. The maximum Gasteiger partial charge on any atom is 0.434 e. The Kier molecular flexibility index (Phi) is 5.58. The summed E-state index contributed by atoms with van der Waals surface area (Å²) in [7, 11) is 0. The Hall–Kier alpha value is -2.31. The molecule has 0 aliphatic heterocycles. The van der Waals surface area contributed by atoms with Gasteiger partial charge in [-0.3, -0.25) is 4.98 Å². The van der Waals surface area contributed by atoms with Crippen molar-refractivity contribution in [3.63, 3.8) is 0 Å². The Morgan fingerprint density at radius 2 is 1.61 bits per heavy atom. The van der Waals surface area contributed by atoms with Crippen LogP contribution in [0.3, 0.4) is 0 Å². The lowest BCUT2D eigenvalue weighted by Gasteiger charge is -2.28. The maximum atomic E-state index is 12.4. The van der Waals surface area contributed by atoms with Crippen LogP contribution < -0.4 is 10.4 Å². The van der Waals surface area contributed by atoms with E-state index < -0.39 is 23.4 Å². The van der Waals surface area contributed by atoms with Gasteiger partial charge in [0, 0.05) is 5.69 Å². The van der Waals surface area contributed by atoms with E-state index in [1.807, 2.05) is 6.92 Å². The van der Waals surface area contributed by atoms with Gasteiger partial charge in [-0.05, 0) is 60.6 Å². The maximum absolute atomic E-state index is 12.4. The molecule has 0 fully saturated rings. The van der Waals surface area contributed by atoms with Crippen molar-refractivity contribution in [3.05, 3.63) is 24.0 Å². The molecule has 1 heterocycles. The molecule has 0 aromatic carbocycles. The lowest BCUT2D eigenvalue weighted by atomic mass is 10.2. The number of carbonyl (C=O) groups is 2. The summed E-state index contributed by atoms with van der Waals surface area (Å²) >= 11 is 0. The van der Waals surface area contributed by atoms with Gasteiger partial charge >= 0.3 is 12.2 Å². The first kappa shape index (κ1) is 18.7. The minimum Gasteiger partial charge on any atom is -0.443 e. The van der Waals surface area contributed by atoms with Crippen molar-refractivity contribution in [2.24, 2.45) is 0 Å². The van der Waals surface area contributed by atoms with Crippen LogP contribution in [0.2, 0.25) is 0 Å². The number of nitrogens with zero attached hydrogens (tertiary/aromatic N) is 2. The van der Waals surface area contributed by atoms with Crippen molar-refractivity contribution in [2.45, 2.75) is 59.7 Å². The van der Waals surface area contributed by atoms with Crippen molar-refractivity contribution in [1.82, 2.24) is 10.4 Å². The van der Waals surface area contributed by atoms with Gasteiger partial charge in [0.2, 0.25) is 0 Å². The molecule has 0 saturated heterocycles. The third kappa shape index (κ3) is 6.99. The summed E-state index contributed by atoms with van der Waals surface area (Å²) in [5.74, 6) is 0. The second kappa shape index (κ2) is 6.85. The van der Waals surface area contributed by atoms with E-state index in [0.29, 0.717) is 5.69 Å². The zero-order valence-corrected chi connectivity index (χ0v) is 14.8. The number of amides is 2. The fourth-order valence-corrected chi connectivity index (χ4v) is 1.51. The quantitative estimate of drug-likeness (QED) is 0.799. The van der Waals surface area contributed by atoms with Gasteiger partial charge in [0.25, 0.3) is 0 Å². The van der Waals surface area contributed by atoms with Crippen molar-refractivity contribution >= 4 is 17.9 Å². The van der Waals surface area contributed by atoms with E-state index in [0.717, 1.165) is 10.7 Å². The van der Waals surface area contributed by atoms with E-state index in [4.69, 9.17) is 9.47 Å². The molecular formula is C16H25N3O4. The number of pyridine rings is 1. The fourth-order valence-electron chi connectivity index (χ4n) is 1.51. The summed E-state index contributed by atoms with van der Waals surface area (Å²) in [6.45, 7) is 12.2. The zero-order valence-electron chi connectivity index (χ0n) is 14.8. The molecule has 1 aromatic heterocycles. The van der Waals surface area contributed by atoms with E-state index >= 15 is 0 Å². The van der Waals surface area contributed by atoms with E-state index in [2.05, 4.69) is 10.4 Å². The first-order chi connectivity index (χ1) is 10.4. The largest absolute Gasteiger partial charge is 0.443 e. The molecule has 1 rings (SSSR count). The van der Waals surface area contributed by atoms with Crippen molar-refractivity contribution < 1.29 is 19.1 Å². The summed E-state index contributed by atoms with van der Waals surface area (Å²) < 4.78 is 10.5. The molecule has 0 unspecified atom stereocenters. The molecule has 23 heavy (non-hydrogen) atoms. The lowest BCUT2D eigenvalue weighted by molar-refractivity contribution is 0.0425. The molecule has 2 amide bonds. The normalized spacial score (nSPS) is 11.6. The molecular weight excluding hydrogens is 298 g/mol. The third-order valence-corrected chi connectivity index (χ3v) is 2.33. The number of carbonyl (C=O) groups excluding carboxylic acids is 2. The predicted molar refractivity (Wildman–Crippen MR) is 87.1 cm³/mol. The van der Waals surface area contributed by atoms with Gasteiger partial charge in [-0.1, -0.05) is 0 Å². The van der Waals surface area contributed by atoms with Gasteiger partial charge in [0.05, 0.1) is 11.9 Å². The van der Waals surface area contributed by atoms with Crippen LogP contribution in [-0.2, 0) is 9.47 Å². The highest BCUT2D eigenvalue weighted by Crippen LogP contribution is 2.17. The van der Waals surface area contributed by atoms with Crippen LogP contribution in [0.1, 0.15) is 47.2 Å². The summed E-state index contributed by atoms with van der Waals surface area (Å²) in [5.41, 5.74) is 2.16. The lowest BCUT2D eigenvalue weighted by Crippen LogP contribution is -2.50. The number of aromatic nitrogens is 1. The Morgan fingerprint density at radius 1 is 1.04 bits per heavy atom. The number of hydrogen-bond acceptors (Lipinski definition) is 5. The molecule has 0 bridgehead atoms. The highest BCUT2D eigenvalue weighted by molar-refractivity contribution is 5.90. The Balaban J connectivity index is 2.99.